The zero-order chi connectivity index (χ0) is 33.5. The highest BCUT2D eigenvalue weighted by Crippen LogP contribution is 2.41. The summed E-state index contributed by atoms with van der Waals surface area (Å²) in [5.74, 6) is 0. The number of benzene rings is 8. The molecule has 0 unspecified atom stereocenters. The van der Waals surface area contributed by atoms with E-state index < -0.39 is 0 Å². The number of nitrogens with zero attached hydrogens (tertiary/aromatic N) is 2. The van der Waals surface area contributed by atoms with Crippen molar-refractivity contribution in [2.75, 3.05) is 0 Å². The van der Waals surface area contributed by atoms with Gasteiger partial charge < -0.3 is 13.6 Å². The Morgan fingerprint density at radius 2 is 0.804 bits per heavy atom. The van der Waals surface area contributed by atoms with Crippen molar-refractivity contribution in [3.05, 3.63) is 182 Å². The first-order valence-corrected chi connectivity index (χ1v) is 17.4. The highest BCUT2D eigenvalue weighted by Gasteiger charge is 2.19. The van der Waals surface area contributed by atoms with Gasteiger partial charge in [0.15, 0.2) is 0 Å². The second kappa shape index (κ2) is 10.8. The normalized spacial score (nSPS) is 11.9. The molecule has 0 atom stereocenters. The number of aromatic nitrogens is 2. The van der Waals surface area contributed by atoms with Crippen LogP contribution in [0.1, 0.15) is 0 Å². The second-order valence-corrected chi connectivity index (χ2v) is 13.3. The summed E-state index contributed by atoms with van der Waals surface area (Å²) in [5.41, 5.74) is 13.7. The third kappa shape index (κ3) is 4.19. The Morgan fingerprint density at radius 1 is 0.314 bits per heavy atom. The van der Waals surface area contributed by atoms with E-state index in [1.165, 1.54) is 65.9 Å². The smallest absolute Gasteiger partial charge is 0.136 e. The Hall–Kier alpha value is -6.84. The Labute approximate surface area is 293 Å². The van der Waals surface area contributed by atoms with Crippen LogP contribution in [-0.4, -0.2) is 9.13 Å². The number of hydrogen-bond donors (Lipinski definition) is 0. The van der Waals surface area contributed by atoms with Crippen molar-refractivity contribution in [1.29, 1.82) is 0 Å². The van der Waals surface area contributed by atoms with Gasteiger partial charge >= 0.3 is 0 Å². The molecular weight excluding hydrogens is 621 g/mol. The molecule has 0 radical (unpaired) electrons. The van der Waals surface area contributed by atoms with Crippen LogP contribution >= 0.6 is 0 Å². The molecule has 0 amide bonds. The first-order chi connectivity index (χ1) is 25.3. The summed E-state index contributed by atoms with van der Waals surface area (Å²) >= 11 is 0. The van der Waals surface area contributed by atoms with Crippen molar-refractivity contribution >= 4 is 65.6 Å². The van der Waals surface area contributed by atoms with E-state index in [4.69, 9.17) is 4.42 Å². The van der Waals surface area contributed by atoms with Gasteiger partial charge in [-0.3, -0.25) is 0 Å². The molecule has 3 nitrogen and oxygen atoms in total. The predicted octanol–water partition coefficient (Wildman–Crippen LogP) is 13.1. The van der Waals surface area contributed by atoms with E-state index in [-0.39, 0.29) is 0 Å². The van der Waals surface area contributed by atoms with Crippen LogP contribution in [0.15, 0.2) is 186 Å². The van der Waals surface area contributed by atoms with Crippen molar-refractivity contribution in [1.82, 2.24) is 9.13 Å². The third-order valence-electron chi connectivity index (χ3n) is 10.5. The average Bonchev–Trinajstić information content (AvgIpc) is 3.85. The minimum atomic E-state index is 0.912. The topological polar surface area (TPSA) is 23.0 Å². The number of para-hydroxylation sites is 3. The lowest BCUT2D eigenvalue weighted by atomic mass is 9.99. The van der Waals surface area contributed by atoms with E-state index in [1.807, 2.05) is 12.1 Å². The molecule has 11 aromatic rings. The monoisotopic (exact) mass is 650 g/mol. The summed E-state index contributed by atoms with van der Waals surface area (Å²) in [7, 11) is 0. The van der Waals surface area contributed by atoms with Crippen LogP contribution in [0.3, 0.4) is 0 Å². The Balaban J connectivity index is 1.10. The van der Waals surface area contributed by atoms with Crippen LogP contribution in [0, 0.1) is 0 Å². The molecule has 8 aromatic carbocycles. The van der Waals surface area contributed by atoms with Crippen LogP contribution in [0.5, 0.6) is 0 Å². The third-order valence-corrected chi connectivity index (χ3v) is 10.5. The van der Waals surface area contributed by atoms with Gasteiger partial charge in [0.05, 0.1) is 22.1 Å². The molecule has 51 heavy (non-hydrogen) atoms. The van der Waals surface area contributed by atoms with Crippen molar-refractivity contribution in [3.63, 3.8) is 0 Å². The molecule has 0 spiro atoms. The molecule has 0 saturated heterocycles. The summed E-state index contributed by atoms with van der Waals surface area (Å²) in [6.07, 6.45) is 0. The van der Waals surface area contributed by atoms with Crippen molar-refractivity contribution < 1.29 is 4.42 Å². The maximum Gasteiger partial charge on any atom is 0.136 e. The van der Waals surface area contributed by atoms with Gasteiger partial charge in [-0.05, 0) is 82.9 Å². The summed E-state index contributed by atoms with van der Waals surface area (Å²) < 4.78 is 11.0. The quantitative estimate of drug-likeness (QED) is 0.186. The van der Waals surface area contributed by atoms with Crippen LogP contribution in [0.2, 0.25) is 0 Å². The Morgan fingerprint density at radius 3 is 1.43 bits per heavy atom. The number of hydrogen-bond acceptors (Lipinski definition) is 1. The first kappa shape index (κ1) is 28.0. The molecule has 0 bridgehead atoms. The Bertz CT molecular complexity index is 3100. The predicted molar refractivity (Wildman–Crippen MR) is 213 cm³/mol. The highest BCUT2D eigenvalue weighted by molar-refractivity contribution is 6.19. The summed E-state index contributed by atoms with van der Waals surface area (Å²) in [6, 6.07) is 65.5. The lowest BCUT2D eigenvalue weighted by Crippen LogP contribution is -1.95. The number of fused-ring (bicyclic) bond motifs is 9. The molecule has 0 fully saturated rings. The average molecular weight is 651 g/mol. The first-order valence-electron chi connectivity index (χ1n) is 17.4. The van der Waals surface area contributed by atoms with E-state index in [2.05, 4.69) is 179 Å². The summed E-state index contributed by atoms with van der Waals surface area (Å²) in [6.45, 7) is 0. The van der Waals surface area contributed by atoms with Gasteiger partial charge in [0.2, 0.25) is 0 Å². The fourth-order valence-electron chi connectivity index (χ4n) is 8.23. The van der Waals surface area contributed by atoms with Crippen molar-refractivity contribution in [2.24, 2.45) is 0 Å². The lowest BCUT2D eigenvalue weighted by molar-refractivity contribution is 0.669. The molecule has 0 aliphatic rings. The van der Waals surface area contributed by atoms with Gasteiger partial charge in [-0.2, -0.15) is 0 Å². The van der Waals surface area contributed by atoms with Gasteiger partial charge in [0, 0.05) is 43.7 Å². The maximum atomic E-state index is 6.21. The van der Waals surface area contributed by atoms with E-state index >= 15 is 0 Å². The van der Waals surface area contributed by atoms with E-state index in [9.17, 15) is 0 Å². The SMILES string of the molecule is c1ccc(-c2ccc(-n3c4ccccc4c4cc5c(cc43)c3ccccc3n5-c3ccc(-c4cccc5oc6ccccc6c45)cc3)cc2)cc1. The molecule has 0 N–H and O–H groups in total. The second-order valence-electron chi connectivity index (χ2n) is 13.3. The summed E-state index contributed by atoms with van der Waals surface area (Å²) in [4.78, 5) is 0. The fraction of sp³-hybridized carbons (Fsp3) is 0. The van der Waals surface area contributed by atoms with Gasteiger partial charge in [0.1, 0.15) is 11.2 Å². The van der Waals surface area contributed by atoms with Crippen LogP contribution in [-0.2, 0) is 0 Å². The van der Waals surface area contributed by atoms with Crippen molar-refractivity contribution in [3.8, 4) is 33.6 Å². The molecule has 0 aliphatic carbocycles. The van der Waals surface area contributed by atoms with E-state index in [0.29, 0.717) is 0 Å². The minimum absolute atomic E-state index is 0.912. The molecule has 0 saturated carbocycles. The molecule has 3 heteroatoms. The molecule has 0 aliphatic heterocycles. The zero-order valence-electron chi connectivity index (χ0n) is 27.6. The maximum absolute atomic E-state index is 6.21. The van der Waals surface area contributed by atoms with Gasteiger partial charge in [-0.15, -0.1) is 0 Å². The van der Waals surface area contributed by atoms with E-state index in [1.54, 1.807) is 0 Å². The number of furan rings is 1. The van der Waals surface area contributed by atoms with Gasteiger partial charge in [0.25, 0.3) is 0 Å². The van der Waals surface area contributed by atoms with Crippen LogP contribution in [0.4, 0.5) is 0 Å². The van der Waals surface area contributed by atoms with E-state index in [0.717, 1.165) is 33.3 Å². The van der Waals surface area contributed by atoms with Gasteiger partial charge in [-0.1, -0.05) is 121 Å². The fourth-order valence-corrected chi connectivity index (χ4v) is 8.23. The van der Waals surface area contributed by atoms with Crippen molar-refractivity contribution in [2.45, 2.75) is 0 Å². The minimum Gasteiger partial charge on any atom is -0.456 e. The zero-order valence-corrected chi connectivity index (χ0v) is 27.6. The largest absolute Gasteiger partial charge is 0.456 e. The molecule has 3 aromatic heterocycles. The van der Waals surface area contributed by atoms with Crippen LogP contribution < -0.4 is 0 Å². The highest BCUT2D eigenvalue weighted by atomic mass is 16.3. The van der Waals surface area contributed by atoms with Gasteiger partial charge in [-0.25, -0.2) is 0 Å². The lowest BCUT2D eigenvalue weighted by Gasteiger charge is -2.11. The number of rotatable bonds is 4. The molecule has 3 heterocycles. The molecule has 11 rings (SSSR count). The Kier molecular flexibility index (Phi) is 5.96. The summed E-state index contributed by atoms with van der Waals surface area (Å²) in [5, 5.41) is 7.26. The van der Waals surface area contributed by atoms with Crippen LogP contribution in [0.25, 0.3) is 99.2 Å². The molecular formula is C48H30N2O. The standard InChI is InChI=1S/C48H30N2O/c1-2-11-31(12-3-1)32-21-25-34(26-22-32)49-42-17-7-4-13-37(42)40-30-45-41(29-44(40)49)38-14-5-8-18-43(38)50(45)35-27-23-33(24-28-35)36-16-10-20-47-48(36)39-15-6-9-19-46(39)51-47/h1-30H. The molecule has 238 valence electrons.